The van der Waals surface area contributed by atoms with Crippen molar-refractivity contribution in [2.75, 3.05) is 0 Å². The fourth-order valence-electron chi connectivity index (χ4n) is 2.67. The van der Waals surface area contributed by atoms with Gasteiger partial charge in [-0.2, -0.15) is 0 Å². The first kappa shape index (κ1) is 10.1. The molecule has 0 radical (unpaired) electrons. The molecule has 0 nitrogen and oxygen atoms in total. The van der Waals surface area contributed by atoms with Gasteiger partial charge in [-0.25, -0.2) is 0 Å². The van der Waals surface area contributed by atoms with E-state index in [0.717, 1.165) is 11.8 Å². The molecule has 1 saturated carbocycles. The average Bonchev–Trinajstić information content (AvgIpc) is 2.59. The summed E-state index contributed by atoms with van der Waals surface area (Å²) in [6.45, 7) is 4.68. The van der Waals surface area contributed by atoms with Gasteiger partial charge in [0.15, 0.2) is 0 Å². The zero-order chi connectivity index (χ0) is 8.81. The Morgan fingerprint density at radius 3 is 2.33 bits per heavy atom. The number of unbranched alkanes of at least 4 members (excludes halogenated alkanes) is 1. The molecule has 0 aromatic heterocycles. The van der Waals surface area contributed by atoms with Crippen LogP contribution in [-0.4, -0.2) is 0 Å². The van der Waals surface area contributed by atoms with Gasteiger partial charge in [0, 0.05) is 0 Å². The Balaban J connectivity index is 2.22. The van der Waals surface area contributed by atoms with Crippen LogP contribution in [-0.2, 0) is 0 Å². The lowest BCUT2D eigenvalue weighted by Crippen LogP contribution is -2.10. The normalized spacial score (nSPS) is 21.5. The first-order valence-electron chi connectivity index (χ1n) is 5.88. The molecule has 0 spiro atoms. The molecular weight excluding hydrogens is 144 g/mol. The van der Waals surface area contributed by atoms with Gasteiger partial charge in [0.05, 0.1) is 0 Å². The van der Waals surface area contributed by atoms with E-state index >= 15 is 0 Å². The zero-order valence-electron chi connectivity index (χ0n) is 8.81. The van der Waals surface area contributed by atoms with Crippen LogP contribution in [0.2, 0.25) is 0 Å². The third kappa shape index (κ3) is 2.80. The molecule has 12 heavy (non-hydrogen) atoms. The van der Waals surface area contributed by atoms with Gasteiger partial charge in [-0.15, -0.1) is 0 Å². The van der Waals surface area contributed by atoms with Crippen LogP contribution in [0.15, 0.2) is 0 Å². The average molecular weight is 168 g/mol. The molecule has 1 atom stereocenters. The Hall–Kier alpha value is 0. The Kier molecular flexibility index (Phi) is 4.72. The van der Waals surface area contributed by atoms with E-state index in [-0.39, 0.29) is 0 Å². The van der Waals surface area contributed by atoms with Crippen LogP contribution < -0.4 is 0 Å². The number of rotatable bonds is 5. The van der Waals surface area contributed by atoms with E-state index < -0.39 is 0 Å². The standard InChI is InChI=1S/C12H24/c1-3-5-8-11(4-2)12-9-6-7-10-12/h11-12H,3-10H2,1-2H3. The summed E-state index contributed by atoms with van der Waals surface area (Å²) in [6.07, 6.45) is 11.8. The van der Waals surface area contributed by atoms with Crippen molar-refractivity contribution < 1.29 is 0 Å². The lowest BCUT2D eigenvalue weighted by molar-refractivity contribution is 0.302. The molecule has 0 aliphatic heterocycles. The highest BCUT2D eigenvalue weighted by Gasteiger charge is 2.22. The van der Waals surface area contributed by atoms with E-state index in [1.165, 1.54) is 51.4 Å². The van der Waals surface area contributed by atoms with Gasteiger partial charge in [-0.3, -0.25) is 0 Å². The molecule has 0 saturated heterocycles. The summed E-state index contributed by atoms with van der Waals surface area (Å²) in [6, 6.07) is 0. The summed E-state index contributed by atoms with van der Waals surface area (Å²) < 4.78 is 0. The van der Waals surface area contributed by atoms with Gasteiger partial charge < -0.3 is 0 Å². The number of hydrogen-bond donors (Lipinski definition) is 0. The van der Waals surface area contributed by atoms with Crippen molar-refractivity contribution in [1.29, 1.82) is 0 Å². The van der Waals surface area contributed by atoms with E-state index in [1.54, 1.807) is 0 Å². The lowest BCUT2D eigenvalue weighted by Gasteiger charge is -2.21. The van der Waals surface area contributed by atoms with Crippen LogP contribution in [0, 0.1) is 11.8 Å². The second kappa shape index (κ2) is 5.61. The topological polar surface area (TPSA) is 0 Å². The SMILES string of the molecule is CCCCC(CC)C1CCCC1. The summed E-state index contributed by atoms with van der Waals surface area (Å²) in [5, 5.41) is 0. The fraction of sp³-hybridized carbons (Fsp3) is 1.00. The Labute approximate surface area is 77.7 Å². The molecule has 0 heterocycles. The zero-order valence-corrected chi connectivity index (χ0v) is 8.81. The van der Waals surface area contributed by atoms with Gasteiger partial charge in [-0.1, -0.05) is 65.2 Å². The molecular formula is C12H24. The molecule has 1 aliphatic carbocycles. The molecule has 0 amide bonds. The van der Waals surface area contributed by atoms with Crippen molar-refractivity contribution >= 4 is 0 Å². The van der Waals surface area contributed by atoms with Crippen LogP contribution in [0.3, 0.4) is 0 Å². The highest BCUT2D eigenvalue weighted by Crippen LogP contribution is 2.35. The second-order valence-electron chi connectivity index (χ2n) is 4.36. The minimum atomic E-state index is 1.06. The maximum atomic E-state index is 2.37. The third-order valence-electron chi connectivity index (χ3n) is 3.52. The minimum absolute atomic E-state index is 1.06. The molecule has 1 rings (SSSR count). The molecule has 0 heteroatoms. The van der Waals surface area contributed by atoms with Crippen molar-refractivity contribution in [3.63, 3.8) is 0 Å². The largest absolute Gasteiger partial charge is 0.0654 e. The summed E-state index contributed by atoms with van der Waals surface area (Å²) in [5.41, 5.74) is 0. The minimum Gasteiger partial charge on any atom is -0.0654 e. The summed E-state index contributed by atoms with van der Waals surface area (Å²) in [4.78, 5) is 0. The molecule has 0 bridgehead atoms. The predicted molar refractivity (Wildman–Crippen MR) is 55.3 cm³/mol. The lowest BCUT2D eigenvalue weighted by atomic mass is 9.85. The van der Waals surface area contributed by atoms with Crippen LogP contribution in [0.5, 0.6) is 0 Å². The first-order valence-corrected chi connectivity index (χ1v) is 5.88. The molecule has 0 aromatic carbocycles. The number of hydrogen-bond acceptors (Lipinski definition) is 0. The highest BCUT2D eigenvalue weighted by molar-refractivity contribution is 4.74. The highest BCUT2D eigenvalue weighted by atomic mass is 14.3. The van der Waals surface area contributed by atoms with Gasteiger partial charge in [0.25, 0.3) is 0 Å². The maximum absolute atomic E-state index is 2.37. The van der Waals surface area contributed by atoms with Gasteiger partial charge in [0.1, 0.15) is 0 Å². The van der Waals surface area contributed by atoms with E-state index in [2.05, 4.69) is 13.8 Å². The molecule has 1 fully saturated rings. The third-order valence-corrected chi connectivity index (χ3v) is 3.52. The monoisotopic (exact) mass is 168 g/mol. The Bertz CT molecular complexity index is 101. The van der Waals surface area contributed by atoms with Crippen molar-refractivity contribution in [1.82, 2.24) is 0 Å². The fourth-order valence-corrected chi connectivity index (χ4v) is 2.67. The van der Waals surface area contributed by atoms with Crippen molar-refractivity contribution in [2.24, 2.45) is 11.8 Å². The van der Waals surface area contributed by atoms with Gasteiger partial charge >= 0.3 is 0 Å². The van der Waals surface area contributed by atoms with Crippen LogP contribution in [0.4, 0.5) is 0 Å². The van der Waals surface area contributed by atoms with Gasteiger partial charge in [0.2, 0.25) is 0 Å². The summed E-state index contributed by atoms with van der Waals surface area (Å²) in [7, 11) is 0. The quantitative estimate of drug-likeness (QED) is 0.571. The van der Waals surface area contributed by atoms with Crippen molar-refractivity contribution in [2.45, 2.75) is 65.2 Å². The van der Waals surface area contributed by atoms with Gasteiger partial charge in [-0.05, 0) is 11.8 Å². The van der Waals surface area contributed by atoms with Crippen LogP contribution in [0.1, 0.15) is 65.2 Å². The first-order chi connectivity index (χ1) is 5.88. The van der Waals surface area contributed by atoms with Crippen LogP contribution in [0.25, 0.3) is 0 Å². The predicted octanol–water partition coefficient (Wildman–Crippen LogP) is 4.39. The van der Waals surface area contributed by atoms with Crippen molar-refractivity contribution in [3.8, 4) is 0 Å². The molecule has 1 unspecified atom stereocenters. The second-order valence-corrected chi connectivity index (χ2v) is 4.36. The summed E-state index contributed by atoms with van der Waals surface area (Å²) >= 11 is 0. The molecule has 0 N–H and O–H groups in total. The Morgan fingerprint density at radius 1 is 1.17 bits per heavy atom. The molecule has 72 valence electrons. The summed E-state index contributed by atoms with van der Waals surface area (Å²) in [5.74, 6) is 2.16. The van der Waals surface area contributed by atoms with E-state index in [1.807, 2.05) is 0 Å². The molecule has 1 aliphatic rings. The molecule has 0 aromatic rings. The van der Waals surface area contributed by atoms with Crippen LogP contribution >= 0.6 is 0 Å². The van der Waals surface area contributed by atoms with E-state index in [4.69, 9.17) is 0 Å². The smallest absolute Gasteiger partial charge is 0.0386 e. The van der Waals surface area contributed by atoms with E-state index in [9.17, 15) is 0 Å². The maximum Gasteiger partial charge on any atom is -0.0386 e. The van der Waals surface area contributed by atoms with Crippen molar-refractivity contribution in [3.05, 3.63) is 0 Å². The van der Waals surface area contributed by atoms with E-state index in [0.29, 0.717) is 0 Å². The Morgan fingerprint density at radius 2 is 1.83 bits per heavy atom.